The van der Waals surface area contributed by atoms with Crippen LogP contribution < -0.4 is 4.90 Å². The number of H-pyrrole nitrogens is 1. The lowest BCUT2D eigenvalue weighted by Gasteiger charge is -2.18. The van der Waals surface area contributed by atoms with Crippen LogP contribution in [-0.4, -0.2) is 36.6 Å². The number of carbonyl (C=O) groups excluding carboxylic acids is 1. The summed E-state index contributed by atoms with van der Waals surface area (Å²) < 4.78 is 4.97. The second kappa shape index (κ2) is 6.62. The highest BCUT2D eigenvalue weighted by atomic mass is 16.5. The summed E-state index contributed by atoms with van der Waals surface area (Å²) in [6.45, 7) is 0.428. The van der Waals surface area contributed by atoms with Crippen LogP contribution in [0.4, 0.5) is 5.69 Å². The van der Waals surface area contributed by atoms with Gasteiger partial charge in [-0.15, -0.1) is 0 Å². The third-order valence-electron chi connectivity index (χ3n) is 3.89. The van der Waals surface area contributed by atoms with Gasteiger partial charge in [-0.05, 0) is 29.8 Å². The summed E-state index contributed by atoms with van der Waals surface area (Å²) in [5.41, 5.74) is 3.85. The zero-order chi connectivity index (χ0) is 16.2. The zero-order valence-corrected chi connectivity index (χ0v) is 13.2. The van der Waals surface area contributed by atoms with E-state index < -0.39 is 0 Å². The number of carbonyl (C=O) groups is 1. The van der Waals surface area contributed by atoms with Crippen LogP contribution in [0.2, 0.25) is 0 Å². The predicted octanol–water partition coefficient (Wildman–Crippen LogP) is 3.23. The Balaban J connectivity index is 1.92. The van der Waals surface area contributed by atoms with E-state index in [0.717, 1.165) is 27.8 Å². The number of amides is 1. The predicted molar refractivity (Wildman–Crippen MR) is 91.4 cm³/mol. The molecule has 0 fully saturated rings. The molecular weight excluding hydrogens is 290 g/mol. The molecule has 0 saturated heterocycles. The number of pyridine rings is 1. The second-order valence-electron chi connectivity index (χ2n) is 5.35. The molecule has 0 saturated carbocycles. The molecule has 0 spiro atoms. The fourth-order valence-electron chi connectivity index (χ4n) is 2.58. The molecule has 5 heteroatoms. The number of benzene rings is 1. The summed E-state index contributed by atoms with van der Waals surface area (Å²) in [6, 6.07) is 11.9. The van der Waals surface area contributed by atoms with Gasteiger partial charge >= 0.3 is 0 Å². The Morgan fingerprint density at radius 2 is 2.17 bits per heavy atom. The lowest BCUT2D eigenvalue weighted by Crippen LogP contribution is -2.26. The van der Waals surface area contributed by atoms with Crippen LogP contribution in [0, 0.1) is 0 Å². The summed E-state index contributed by atoms with van der Waals surface area (Å²) in [6.07, 6.45) is 4.08. The van der Waals surface area contributed by atoms with E-state index in [1.165, 1.54) is 0 Å². The minimum Gasteiger partial charge on any atom is -0.384 e. The van der Waals surface area contributed by atoms with Gasteiger partial charge < -0.3 is 14.6 Å². The van der Waals surface area contributed by atoms with Gasteiger partial charge in [0, 0.05) is 43.2 Å². The van der Waals surface area contributed by atoms with E-state index in [-0.39, 0.29) is 5.91 Å². The summed E-state index contributed by atoms with van der Waals surface area (Å²) in [5.74, 6) is 0.0320. The number of rotatable bonds is 5. The zero-order valence-electron chi connectivity index (χ0n) is 13.2. The Hall–Kier alpha value is -2.66. The monoisotopic (exact) mass is 309 g/mol. The molecule has 0 aliphatic rings. The van der Waals surface area contributed by atoms with Crippen LogP contribution in [0.25, 0.3) is 22.2 Å². The molecule has 1 N–H and O–H groups in total. The molecule has 0 radical (unpaired) electrons. The number of aromatic amines is 1. The molecule has 118 valence electrons. The molecule has 1 aromatic carbocycles. The molecule has 2 aromatic heterocycles. The van der Waals surface area contributed by atoms with Gasteiger partial charge in [0.15, 0.2) is 0 Å². The van der Waals surface area contributed by atoms with E-state index in [1.807, 2.05) is 42.6 Å². The SMILES string of the molecule is COCCC(=O)N(C)c1cccc(-c2c[nH]c3ncccc23)c1. The van der Waals surface area contributed by atoms with Crippen LogP contribution >= 0.6 is 0 Å². The summed E-state index contributed by atoms with van der Waals surface area (Å²) in [7, 11) is 3.38. The third kappa shape index (κ3) is 3.10. The first-order valence-electron chi connectivity index (χ1n) is 7.48. The quantitative estimate of drug-likeness (QED) is 0.787. The highest BCUT2D eigenvalue weighted by molar-refractivity contribution is 5.96. The Bertz CT molecular complexity index is 826. The molecule has 0 aliphatic carbocycles. The van der Waals surface area contributed by atoms with Gasteiger partial charge in [0.25, 0.3) is 0 Å². The number of fused-ring (bicyclic) bond motifs is 1. The number of hydrogen-bond acceptors (Lipinski definition) is 3. The Morgan fingerprint density at radius 3 is 3.00 bits per heavy atom. The van der Waals surface area contributed by atoms with Crippen LogP contribution in [0.1, 0.15) is 6.42 Å². The molecular formula is C18H19N3O2. The maximum absolute atomic E-state index is 12.1. The van der Waals surface area contributed by atoms with Crippen molar-refractivity contribution in [3.05, 3.63) is 48.8 Å². The van der Waals surface area contributed by atoms with Crippen molar-refractivity contribution in [2.24, 2.45) is 0 Å². The molecule has 0 unspecified atom stereocenters. The first-order chi connectivity index (χ1) is 11.2. The molecule has 3 aromatic rings. The highest BCUT2D eigenvalue weighted by Gasteiger charge is 2.12. The third-order valence-corrected chi connectivity index (χ3v) is 3.89. The number of methoxy groups -OCH3 is 1. The van der Waals surface area contributed by atoms with Gasteiger partial charge in [0.05, 0.1) is 13.0 Å². The molecule has 0 atom stereocenters. The number of nitrogens with zero attached hydrogens (tertiary/aromatic N) is 2. The number of anilines is 1. The van der Waals surface area contributed by atoms with Crippen molar-refractivity contribution in [2.75, 3.05) is 25.7 Å². The van der Waals surface area contributed by atoms with Gasteiger partial charge in [0.2, 0.25) is 5.91 Å². The average Bonchev–Trinajstić information content (AvgIpc) is 3.03. The van der Waals surface area contributed by atoms with E-state index >= 15 is 0 Å². The molecule has 23 heavy (non-hydrogen) atoms. The van der Waals surface area contributed by atoms with E-state index in [2.05, 4.69) is 9.97 Å². The summed E-state index contributed by atoms with van der Waals surface area (Å²) in [5, 5.41) is 1.07. The molecule has 3 rings (SSSR count). The molecule has 0 bridgehead atoms. The van der Waals surface area contributed by atoms with E-state index in [4.69, 9.17) is 4.74 Å². The molecule has 1 amide bonds. The average molecular weight is 309 g/mol. The van der Waals surface area contributed by atoms with Crippen molar-refractivity contribution in [1.82, 2.24) is 9.97 Å². The van der Waals surface area contributed by atoms with E-state index in [9.17, 15) is 4.79 Å². The number of hydrogen-bond donors (Lipinski definition) is 1. The smallest absolute Gasteiger partial charge is 0.229 e. The van der Waals surface area contributed by atoms with Crippen molar-refractivity contribution in [1.29, 1.82) is 0 Å². The van der Waals surface area contributed by atoms with Crippen LogP contribution in [0.5, 0.6) is 0 Å². The minimum absolute atomic E-state index is 0.0320. The standard InChI is InChI=1S/C18H19N3O2/c1-21(17(22)8-10-23-2)14-6-3-5-13(11-14)16-12-20-18-15(16)7-4-9-19-18/h3-7,9,11-12H,8,10H2,1-2H3,(H,19,20). The fraction of sp³-hybridized carbons (Fsp3) is 0.222. The Kier molecular flexibility index (Phi) is 4.39. The van der Waals surface area contributed by atoms with E-state index in [1.54, 1.807) is 25.3 Å². The highest BCUT2D eigenvalue weighted by Crippen LogP contribution is 2.30. The first kappa shape index (κ1) is 15.2. The second-order valence-corrected chi connectivity index (χ2v) is 5.35. The summed E-state index contributed by atoms with van der Waals surface area (Å²) >= 11 is 0. The number of nitrogens with one attached hydrogen (secondary N) is 1. The van der Waals surface area contributed by atoms with Crippen molar-refractivity contribution >= 4 is 22.6 Å². The van der Waals surface area contributed by atoms with Crippen LogP contribution in [-0.2, 0) is 9.53 Å². The lowest BCUT2D eigenvalue weighted by atomic mass is 10.0. The normalized spacial score (nSPS) is 10.9. The largest absolute Gasteiger partial charge is 0.384 e. The Morgan fingerprint density at radius 1 is 1.30 bits per heavy atom. The first-order valence-corrected chi connectivity index (χ1v) is 7.48. The summed E-state index contributed by atoms with van der Waals surface area (Å²) in [4.78, 5) is 21.3. The van der Waals surface area contributed by atoms with Gasteiger partial charge in [-0.1, -0.05) is 12.1 Å². The van der Waals surface area contributed by atoms with Crippen molar-refractivity contribution in [2.45, 2.75) is 6.42 Å². The minimum atomic E-state index is 0.0320. The van der Waals surface area contributed by atoms with Gasteiger partial charge in [-0.2, -0.15) is 0 Å². The lowest BCUT2D eigenvalue weighted by molar-refractivity contribution is -0.119. The number of ether oxygens (including phenoxy) is 1. The van der Waals surface area contributed by atoms with Gasteiger partial charge in [-0.3, -0.25) is 4.79 Å². The Labute approximate surface area is 134 Å². The molecule has 0 aliphatic heterocycles. The fourth-order valence-corrected chi connectivity index (χ4v) is 2.58. The topological polar surface area (TPSA) is 58.2 Å². The van der Waals surface area contributed by atoms with Crippen molar-refractivity contribution in [3.8, 4) is 11.1 Å². The van der Waals surface area contributed by atoms with Crippen molar-refractivity contribution in [3.63, 3.8) is 0 Å². The number of aromatic nitrogens is 2. The molecule has 5 nitrogen and oxygen atoms in total. The maximum Gasteiger partial charge on any atom is 0.229 e. The molecule has 2 heterocycles. The van der Waals surface area contributed by atoms with Crippen LogP contribution in [0.15, 0.2) is 48.8 Å². The van der Waals surface area contributed by atoms with Gasteiger partial charge in [-0.25, -0.2) is 4.98 Å². The van der Waals surface area contributed by atoms with Gasteiger partial charge in [0.1, 0.15) is 5.65 Å². The van der Waals surface area contributed by atoms with Crippen molar-refractivity contribution < 1.29 is 9.53 Å². The van der Waals surface area contributed by atoms with E-state index in [0.29, 0.717) is 13.0 Å². The maximum atomic E-state index is 12.1. The van der Waals surface area contributed by atoms with Crippen LogP contribution in [0.3, 0.4) is 0 Å².